The Morgan fingerprint density at radius 1 is 1.70 bits per heavy atom. The van der Waals surface area contributed by atoms with Gasteiger partial charge in [-0.3, -0.25) is 0 Å². The Labute approximate surface area is 68.9 Å². The molecule has 10 heavy (non-hydrogen) atoms. The second-order valence-electron chi connectivity index (χ2n) is 2.06. The Bertz CT molecular complexity index is 197. The highest BCUT2D eigenvalue weighted by atomic mass is 79.9. The molecule has 1 heterocycles. The zero-order chi connectivity index (χ0) is 7.40. The third-order valence-electron chi connectivity index (χ3n) is 1.27. The molecule has 0 atom stereocenters. The predicted octanol–water partition coefficient (Wildman–Crippen LogP) is 1.90. The number of methoxy groups -OCH3 is 1. The minimum absolute atomic E-state index is 0.765. The van der Waals surface area contributed by atoms with Gasteiger partial charge in [-0.25, -0.2) is 0 Å². The Kier molecular flexibility index (Phi) is 2.96. The van der Waals surface area contributed by atoms with E-state index in [1.54, 1.807) is 7.11 Å². The maximum absolute atomic E-state index is 4.92. The van der Waals surface area contributed by atoms with Crippen molar-refractivity contribution in [3.8, 4) is 0 Å². The maximum Gasteiger partial charge on any atom is 0.0641 e. The molecule has 1 rings (SSSR count). The third-order valence-corrected chi connectivity index (χ3v) is 1.74. The Morgan fingerprint density at radius 3 is 3.00 bits per heavy atom. The number of ether oxygens (including phenoxy) is 1. The molecule has 0 aliphatic rings. The fourth-order valence-corrected chi connectivity index (χ4v) is 1.13. The van der Waals surface area contributed by atoms with Crippen LogP contribution in [0.3, 0.4) is 0 Å². The molecule has 0 aliphatic carbocycles. The molecule has 1 aromatic rings. The molecule has 0 amide bonds. The van der Waals surface area contributed by atoms with Gasteiger partial charge in [0.05, 0.1) is 6.61 Å². The number of rotatable bonds is 3. The molecule has 2 nitrogen and oxygen atoms in total. The van der Waals surface area contributed by atoms with Crippen LogP contribution in [0.25, 0.3) is 0 Å². The maximum atomic E-state index is 4.92. The molecule has 56 valence electrons. The van der Waals surface area contributed by atoms with Crippen molar-refractivity contribution in [1.82, 2.24) is 4.57 Å². The summed E-state index contributed by atoms with van der Waals surface area (Å²) in [6.07, 6.45) is 4.04. The van der Waals surface area contributed by atoms with Crippen molar-refractivity contribution in [2.24, 2.45) is 0 Å². The van der Waals surface area contributed by atoms with Gasteiger partial charge in [-0.05, 0) is 22.0 Å². The molecule has 0 spiro atoms. The van der Waals surface area contributed by atoms with Crippen LogP contribution >= 0.6 is 15.9 Å². The molecule has 0 saturated carbocycles. The van der Waals surface area contributed by atoms with Crippen molar-refractivity contribution >= 4 is 15.9 Å². The fourth-order valence-electron chi connectivity index (χ4n) is 0.747. The first-order valence-corrected chi connectivity index (χ1v) is 3.92. The topological polar surface area (TPSA) is 14.2 Å². The monoisotopic (exact) mass is 203 g/mol. The van der Waals surface area contributed by atoms with Gasteiger partial charge >= 0.3 is 0 Å². The number of halogens is 1. The lowest BCUT2D eigenvalue weighted by Gasteiger charge is -1.98. The molecule has 0 saturated heterocycles. The van der Waals surface area contributed by atoms with Crippen LogP contribution < -0.4 is 0 Å². The van der Waals surface area contributed by atoms with Crippen molar-refractivity contribution < 1.29 is 4.74 Å². The van der Waals surface area contributed by atoms with Gasteiger partial charge in [0.2, 0.25) is 0 Å². The fraction of sp³-hybridized carbons (Fsp3) is 0.429. The van der Waals surface area contributed by atoms with E-state index < -0.39 is 0 Å². The van der Waals surface area contributed by atoms with Crippen LogP contribution in [0.5, 0.6) is 0 Å². The van der Waals surface area contributed by atoms with Crippen molar-refractivity contribution in [2.75, 3.05) is 13.7 Å². The lowest BCUT2D eigenvalue weighted by Crippen LogP contribution is -2.00. The number of hydrogen-bond acceptors (Lipinski definition) is 1. The summed E-state index contributed by atoms with van der Waals surface area (Å²) in [6, 6.07) is 2.01. The SMILES string of the molecule is COCCn1ccc(Br)c1. The van der Waals surface area contributed by atoms with Crippen LogP contribution in [0.4, 0.5) is 0 Å². The molecule has 0 radical (unpaired) electrons. The van der Waals surface area contributed by atoms with Crippen LogP contribution in [0.15, 0.2) is 22.9 Å². The van der Waals surface area contributed by atoms with Crippen LogP contribution in [-0.4, -0.2) is 18.3 Å². The number of hydrogen-bond donors (Lipinski definition) is 0. The highest BCUT2D eigenvalue weighted by Gasteiger charge is 1.90. The molecule has 0 aromatic carbocycles. The van der Waals surface area contributed by atoms with E-state index in [4.69, 9.17) is 4.74 Å². The molecule has 1 aromatic heterocycles. The van der Waals surface area contributed by atoms with E-state index >= 15 is 0 Å². The Morgan fingerprint density at radius 2 is 2.50 bits per heavy atom. The number of nitrogens with zero attached hydrogens (tertiary/aromatic N) is 1. The van der Waals surface area contributed by atoms with Crippen molar-refractivity contribution in [2.45, 2.75) is 6.54 Å². The molecule has 0 N–H and O–H groups in total. The van der Waals surface area contributed by atoms with E-state index in [1.807, 2.05) is 18.5 Å². The summed E-state index contributed by atoms with van der Waals surface area (Å²) >= 11 is 3.36. The van der Waals surface area contributed by atoms with E-state index in [0.29, 0.717) is 0 Å². The standard InChI is InChI=1S/C7H10BrNO/c1-10-5-4-9-3-2-7(8)6-9/h2-3,6H,4-5H2,1H3. The van der Waals surface area contributed by atoms with Crippen LogP contribution in [0.1, 0.15) is 0 Å². The second-order valence-corrected chi connectivity index (χ2v) is 2.98. The van der Waals surface area contributed by atoms with Gasteiger partial charge in [-0.1, -0.05) is 0 Å². The quantitative estimate of drug-likeness (QED) is 0.733. The molecular formula is C7H10BrNO. The van der Waals surface area contributed by atoms with E-state index in [0.717, 1.165) is 17.6 Å². The highest BCUT2D eigenvalue weighted by molar-refractivity contribution is 9.10. The highest BCUT2D eigenvalue weighted by Crippen LogP contribution is 2.08. The first kappa shape index (κ1) is 7.82. The van der Waals surface area contributed by atoms with Crippen LogP contribution in [-0.2, 0) is 11.3 Å². The predicted molar refractivity (Wildman–Crippen MR) is 44.0 cm³/mol. The molecular weight excluding hydrogens is 194 g/mol. The van der Waals surface area contributed by atoms with Crippen molar-refractivity contribution in [3.05, 3.63) is 22.9 Å². The van der Waals surface area contributed by atoms with Crippen molar-refractivity contribution in [3.63, 3.8) is 0 Å². The average molecular weight is 204 g/mol. The van der Waals surface area contributed by atoms with E-state index in [2.05, 4.69) is 20.5 Å². The lowest BCUT2D eigenvalue weighted by molar-refractivity contribution is 0.187. The summed E-state index contributed by atoms with van der Waals surface area (Å²) in [6.45, 7) is 1.68. The van der Waals surface area contributed by atoms with Gasteiger partial charge < -0.3 is 9.30 Å². The van der Waals surface area contributed by atoms with Crippen molar-refractivity contribution in [1.29, 1.82) is 0 Å². The Hall–Kier alpha value is -0.280. The molecule has 0 aliphatic heterocycles. The van der Waals surface area contributed by atoms with Gasteiger partial charge in [0.25, 0.3) is 0 Å². The zero-order valence-electron chi connectivity index (χ0n) is 5.88. The summed E-state index contributed by atoms with van der Waals surface area (Å²) in [5.41, 5.74) is 0. The van der Waals surface area contributed by atoms with Gasteiger partial charge in [0.15, 0.2) is 0 Å². The van der Waals surface area contributed by atoms with Crippen LogP contribution in [0.2, 0.25) is 0 Å². The minimum Gasteiger partial charge on any atom is -0.383 e. The van der Waals surface area contributed by atoms with Gasteiger partial charge in [0, 0.05) is 30.5 Å². The zero-order valence-corrected chi connectivity index (χ0v) is 7.47. The largest absolute Gasteiger partial charge is 0.383 e. The first-order chi connectivity index (χ1) is 4.83. The molecule has 0 unspecified atom stereocenters. The lowest BCUT2D eigenvalue weighted by atomic mass is 10.7. The summed E-state index contributed by atoms with van der Waals surface area (Å²) in [4.78, 5) is 0. The third kappa shape index (κ3) is 2.15. The van der Waals surface area contributed by atoms with Gasteiger partial charge in [-0.15, -0.1) is 0 Å². The average Bonchev–Trinajstić information content (AvgIpc) is 2.31. The van der Waals surface area contributed by atoms with Gasteiger partial charge in [-0.2, -0.15) is 0 Å². The normalized spacial score (nSPS) is 10.2. The summed E-state index contributed by atoms with van der Waals surface area (Å²) in [7, 11) is 1.71. The van der Waals surface area contributed by atoms with E-state index in [-0.39, 0.29) is 0 Å². The van der Waals surface area contributed by atoms with Crippen LogP contribution in [0, 0.1) is 0 Å². The smallest absolute Gasteiger partial charge is 0.0641 e. The summed E-state index contributed by atoms with van der Waals surface area (Å²) in [5.74, 6) is 0. The minimum atomic E-state index is 0.765. The van der Waals surface area contributed by atoms with E-state index in [9.17, 15) is 0 Å². The second kappa shape index (κ2) is 3.78. The molecule has 0 fully saturated rings. The Balaban J connectivity index is 2.42. The van der Waals surface area contributed by atoms with E-state index in [1.165, 1.54) is 0 Å². The number of aromatic nitrogens is 1. The molecule has 0 bridgehead atoms. The first-order valence-electron chi connectivity index (χ1n) is 3.13. The van der Waals surface area contributed by atoms with Gasteiger partial charge in [0.1, 0.15) is 0 Å². The summed E-state index contributed by atoms with van der Waals surface area (Å²) in [5, 5.41) is 0. The molecule has 3 heteroatoms. The summed E-state index contributed by atoms with van der Waals surface area (Å²) < 4.78 is 8.11.